The predicted octanol–water partition coefficient (Wildman–Crippen LogP) is 0.413. The highest BCUT2D eigenvalue weighted by Gasteiger charge is 2.15. The van der Waals surface area contributed by atoms with Crippen LogP contribution in [-0.2, 0) is 10.0 Å². The Kier molecular flexibility index (Phi) is 4.64. The largest absolute Gasteiger partial charge is 0.327 e. The number of nitriles is 1. The van der Waals surface area contributed by atoms with Gasteiger partial charge in [-0.2, -0.15) is 5.26 Å². The molecule has 0 aliphatic heterocycles. The molecule has 5 nitrogen and oxygen atoms in total. The maximum absolute atomic E-state index is 11.6. The zero-order valence-electron chi connectivity index (χ0n) is 8.38. The van der Waals surface area contributed by atoms with Crippen molar-refractivity contribution in [2.45, 2.75) is 4.21 Å². The molecule has 1 heterocycles. The van der Waals surface area contributed by atoms with E-state index in [9.17, 15) is 8.42 Å². The highest BCUT2D eigenvalue weighted by molar-refractivity contribution is 7.91. The molecule has 0 bridgehead atoms. The van der Waals surface area contributed by atoms with E-state index in [0.29, 0.717) is 11.4 Å². The lowest BCUT2D eigenvalue weighted by molar-refractivity contribution is 0.587. The topological polar surface area (TPSA) is 96.0 Å². The molecule has 0 saturated carbocycles. The minimum Gasteiger partial charge on any atom is -0.327 e. The molecule has 1 rings (SSSR count). The molecule has 0 aliphatic rings. The molecule has 0 radical (unpaired) electrons. The average Bonchev–Trinajstić information content (AvgIpc) is 2.73. The van der Waals surface area contributed by atoms with Crippen LogP contribution in [0.3, 0.4) is 0 Å². The number of rotatable bonds is 5. The Morgan fingerprint density at radius 3 is 2.81 bits per heavy atom. The SMILES string of the molecule is N#Cc1ccc(S(=O)(=O)NC/C=C/CN)s1. The Balaban J connectivity index is 2.71. The van der Waals surface area contributed by atoms with E-state index >= 15 is 0 Å². The van der Waals surface area contributed by atoms with Crippen molar-refractivity contribution in [3.8, 4) is 6.07 Å². The molecule has 1 aromatic rings. The molecule has 0 fully saturated rings. The van der Waals surface area contributed by atoms with E-state index in [2.05, 4.69) is 4.72 Å². The van der Waals surface area contributed by atoms with E-state index in [1.54, 1.807) is 12.2 Å². The first kappa shape index (κ1) is 12.9. The number of hydrogen-bond donors (Lipinski definition) is 2. The van der Waals surface area contributed by atoms with Crippen LogP contribution >= 0.6 is 11.3 Å². The van der Waals surface area contributed by atoms with Crippen LogP contribution in [0.2, 0.25) is 0 Å². The minimum absolute atomic E-state index is 0.144. The van der Waals surface area contributed by atoms with Gasteiger partial charge < -0.3 is 5.73 Å². The van der Waals surface area contributed by atoms with Crippen LogP contribution < -0.4 is 10.5 Å². The summed E-state index contributed by atoms with van der Waals surface area (Å²) < 4.78 is 25.8. The van der Waals surface area contributed by atoms with E-state index in [4.69, 9.17) is 11.0 Å². The summed E-state index contributed by atoms with van der Waals surface area (Å²) in [5, 5.41) is 8.58. The molecular weight excluding hydrogens is 246 g/mol. The standard InChI is InChI=1S/C9H11N3O2S2/c10-5-1-2-6-12-16(13,14)9-4-3-8(7-11)15-9/h1-4,12H,5-6,10H2/b2-1+. The Bertz CT molecular complexity index is 511. The van der Waals surface area contributed by atoms with Crippen molar-refractivity contribution in [2.75, 3.05) is 13.1 Å². The van der Waals surface area contributed by atoms with Gasteiger partial charge >= 0.3 is 0 Å². The Hall–Kier alpha value is -1.20. The molecule has 0 saturated heterocycles. The summed E-state index contributed by atoms with van der Waals surface area (Å²) in [5.74, 6) is 0. The fourth-order valence-electron chi connectivity index (χ4n) is 0.933. The van der Waals surface area contributed by atoms with Crippen molar-refractivity contribution in [1.29, 1.82) is 5.26 Å². The van der Waals surface area contributed by atoms with E-state index in [1.807, 2.05) is 6.07 Å². The zero-order chi connectivity index (χ0) is 12.0. The lowest BCUT2D eigenvalue weighted by Crippen LogP contribution is -2.22. The maximum Gasteiger partial charge on any atom is 0.250 e. The molecule has 1 aromatic heterocycles. The van der Waals surface area contributed by atoms with Crippen LogP contribution in [-0.4, -0.2) is 21.5 Å². The first-order valence-electron chi connectivity index (χ1n) is 4.45. The van der Waals surface area contributed by atoms with Crippen LogP contribution in [0.5, 0.6) is 0 Å². The number of nitrogens with zero attached hydrogens (tertiary/aromatic N) is 1. The molecule has 0 atom stereocenters. The van der Waals surface area contributed by atoms with E-state index in [0.717, 1.165) is 11.3 Å². The molecular formula is C9H11N3O2S2. The molecule has 0 spiro atoms. The van der Waals surface area contributed by atoms with Crippen molar-refractivity contribution < 1.29 is 8.42 Å². The van der Waals surface area contributed by atoms with Gasteiger partial charge in [0, 0.05) is 13.1 Å². The summed E-state index contributed by atoms with van der Waals surface area (Å²) in [5.41, 5.74) is 5.21. The molecule has 86 valence electrons. The minimum atomic E-state index is -3.50. The van der Waals surface area contributed by atoms with Crippen molar-refractivity contribution in [2.24, 2.45) is 5.73 Å². The Morgan fingerprint density at radius 1 is 1.50 bits per heavy atom. The second-order valence-corrected chi connectivity index (χ2v) is 5.87. The van der Waals surface area contributed by atoms with Crippen LogP contribution in [0, 0.1) is 11.3 Å². The average molecular weight is 257 g/mol. The van der Waals surface area contributed by atoms with Crippen LogP contribution in [0.1, 0.15) is 4.88 Å². The lowest BCUT2D eigenvalue weighted by Gasteiger charge is -2.00. The van der Waals surface area contributed by atoms with Crippen LogP contribution in [0.25, 0.3) is 0 Å². The number of hydrogen-bond acceptors (Lipinski definition) is 5. The highest BCUT2D eigenvalue weighted by atomic mass is 32.2. The van der Waals surface area contributed by atoms with Crippen LogP contribution in [0.15, 0.2) is 28.5 Å². The van der Waals surface area contributed by atoms with Crippen molar-refractivity contribution >= 4 is 21.4 Å². The van der Waals surface area contributed by atoms with Gasteiger partial charge in [-0.25, -0.2) is 13.1 Å². The number of nitrogens with two attached hydrogens (primary N) is 1. The van der Waals surface area contributed by atoms with Gasteiger partial charge in [-0.1, -0.05) is 12.2 Å². The van der Waals surface area contributed by atoms with Gasteiger partial charge in [0.2, 0.25) is 10.0 Å². The first-order valence-corrected chi connectivity index (χ1v) is 6.75. The quantitative estimate of drug-likeness (QED) is 0.747. The van der Waals surface area contributed by atoms with Crippen LogP contribution in [0.4, 0.5) is 0 Å². The van der Waals surface area contributed by atoms with Gasteiger partial charge in [-0.05, 0) is 12.1 Å². The first-order chi connectivity index (χ1) is 7.60. The van der Waals surface area contributed by atoms with Gasteiger partial charge in [0.25, 0.3) is 0 Å². The van der Waals surface area contributed by atoms with Gasteiger partial charge in [-0.15, -0.1) is 11.3 Å². The van der Waals surface area contributed by atoms with Gasteiger partial charge in [-0.3, -0.25) is 0 Å². The molecule has 0 unspecified atom stereocenters. The third-order valence-electron chi connectivity index (χ3n) is 1.65. The van der Waals surface area contributed by atoms with Gasteiger partial charge in [0.1, 0.15) is 15.2 Å². The highest BCUT2D eigenvalue weighted by Crippen LogP contribution is 2.20. The Labute approximate surface area is 98.2 Å². The number of thiophene rings is 1. The summed E-state index contributed by atoms with van der Waals surface area (Å²) >= 11 is 0.943. The molecule has 16 heavy (non-hydrogen) atoms. The second-order valence-electron chi connectivity index (χ2n) is 2.79. The fourth-order valence-corrected chi connectivity index (χ4v) is 3.06. The summed E-state index contributed by atoms with van der Waals surface area (Å²) in [6.07, 6.45) is 3.30. The number of sulfonamides is 1. The van der Waals surface area contributed by atoms with Gasteiger partial charge in [0.15, 0.2) is 0 Å². The van der Waals surface area contributed by atoms with Crippen molar-refractivity contribution in [3.63, 3.8) is 0 Å². The van der Waals surface area contributed by atoms with Crippen molar-refractivity contribution in [3.05, 3.63) is 29.2 Å². The second kappa shape index (κ2) is 5.77. The molecule has 3 N–H and O–H groups in total. The zero-order valence-corrected chi connectivity index (χ0v) is 10.0. The normalized spacial score (nSPS) is 11.8. The fraction of sp³-hybridized carbons (Fsp3) is 0.222. The molecule has 0 amide bonds. The summed E-state index contributed by atoms with van der Waals surface area (Å²) in [7, 11) is -3.50. The lowest BCUT2D eigenvalue weighted by atomic mass is 10.5. The molecule has 0 aromatic carbocycles. The molecule has 7 heteroatoms. The monoisotopic (exact) mass is 257 g/mol. The predicted molar refractivity (Wildman–Crippen MR) is 62.4 cm³/mol. The maximum atomic E-state index is 11.6. The van der Waals surface area contributed by atoms with E-state index in [1.165, 1.54) is 12.1 Å². The third kappa shape index (κ3) is 3.43. The third-order valence-corrected chi connectivity index (χ3v) is 4.56. The Morgan fingerprint density at radius 2 is 2.25 bits per heavy atom. The van der Waals surface area contributed by atoms with Gasteiger partial charge in [0.05, 0.1) is 0 Å². The summed E-state index contributed by atoms with van der Waals surface area (Å²) in [6, 6.07) is 4.79. The number of nitrogens with one attached hydrogen (secondary N) is 1. The summed E-state index contributed by atoms with van der Waals surface area (Å²) in [4.78, 5) is 0.373. The smallest absolute Gasteiger partial charge is 0.250 e. The molecule has 0 aliphatic carbocycles. The summed E-state index contributed by atoms with van der Waals surface area (Å²) in [6.45, 7) is 0.568. The van der Waals surface area contributed by atoms with E-state index < -0.39 is 10.0 Å². The van der Waals surface area contributed by atoms with E-state index in [-0.39, 0.29) is 10.8 Å². The van der Waals surface area contributed by atoms with Crippen molar-refractivity contribution in [1.82, 2.24) is 4.72 Å².